The van der Waals surface area contributed by atoms with E-state index in [4.69, 9.17) is 0 Å². The van der Waals surface area contributed by atoms with Crippen LogP contribution in [0.2, 0.25) is 0 Å². The van der Waals surface area contributed by atoms with Gasteiger partial charge in [0.1, 0.15) is 0 Å². The van der Waals surface area contributed by atoms with Crippen molar-refractivity contribution in [1.82, 2.24) is 10.6 Å². The molecule has 0 aromatic rings. The zero-order valence-corrected chi connectivity index (χ0v) is 8.41. The molecule has 0 aliphatic carbocycles. The normalized spacial score (nSPS) is 10.9. The van der Waals surface area contributed by atoms with E-state index in [1.54, 1.807) is 0 Å². The second kappa shape index (κ2) is 6.50. The van der Waals surface area contributed by atoms with Crippen LogP contribution in [0.15, 0.2) is 4.99 Å². The van der Waals surface area contributed by atoms with Gasteiger partial charge < -0.3 is 10.6 Å². The third-order valence-corrected chi connectivity index (χ3v) is 1.35. The lowest BCUT2D eigenvalue weighted by molar-refractivity contribution is -0.132. The summed E-state index contributed by atoms with van der Waals surface area (Å²) in [6, 6.07) is 0. The van der Waals surface area contributed by atoms with Gasteiger partial charge in [0, 0.05) is 13.1 Å². The Labute approximate surface area is 81.8 Å². The lowest BCUT2D eigenvalue weighted by Gasteiger charge is -2.09. The van der Waals surface area contributed by atoms with Crippen LogP contribution >= 0.6 is 0 Å². The summed E-state index contributed by atoms with van der Waals surface area (Å²) in [4.78, 5) is 3.76. The Hall–Kier alpha value is -0.940. The van der Waals surface area contributed by atoms with Crippen LogP contribution in [0.1, 0.15) is 20.3 Å². The van der Waals surface area contributed by atoms with Crippen molar-refractivity contribution in [3.05, 3.63) is 0 Å². The smallest absolute Gasteiger partial charge is 0.357 e. The highest BCUT2D eigenvalue weighted by molar-refractivity contribution is 5.79. The van der Waals surface area contributed by atoms with Gasteiger partial charge in [-0.25, -0.2) is 0 Å². The highest BCUT2D eigenvalue weighted by Gasteiger charge is 2.26. The molecule has 0 radical (unpaired) electrons. The molecule has 0 spiro atoms. The molecule has 0 aromatic heterocycles. The van der Waals surface area contributed by atoms with Crippen LogP contribution in [0.25, 0.3) is 0 Å². The molecular formula is C8H16F3N3. The molecule has 0 heterocycles. The zero-order valence-electron chi connectivity index (χ0n) is 8.41. The standard InChI is InChI=1S/C8H16F3N3/c1-3-12-7(13-4-2)14-6-5-8(9,10)11/h3-6H2,1-2H3,(H2,12,13,14). The van der Waals surface area contributed by atoms with Gasteiger partial charge in [-0.15, -0.1) is 0 Å². The minimum atomic E-state index is -4.13. The van der Waals surface area contributed by atoms with Gasteiger partial charge in [0.15, 0.2) is 5.96 Å². The van der Waals surface area contributed by atoms with Gasteiger partial charge in [-0.3, -0.25) is 4.99 Å². The van der Waals surface area contributed by atoms with Crippen LogP contribution < -0.4 is 10.6 Å². The molecule has 0 aromatic carbocycles. The third-order valence-electron chi connectivity index (χ3n) is 1.35. The topological polar surface area (TPSA) is 36.4 Å². The molecule has 2 N–H and O–H groups in total. The summed E-state index contributed by atoms with van der Waals surface area (Å²) < 4.78 is 35.3. The van der Waals surface area contributed by atoms with Crippen molar-refractivity contribution < 1.29 is 13.2 Å². The van der Waals surface area contributed by atoms with E-state index < -0.39 is 12.6 Å². The maximum atomic E-state index is 11.8. The van der Waals surface area contributed by atoms with Crippen LogP contribution in [-0.2, 0) is 0 Å². The third kappa shape index (κ3) is 7.70. The molecule has 0 unspecified atom stereocenters. The van der Waals surface area contributed by atoms with Crippen LogP contribution in [0.5, 0.6) is 0 Å². The maximum absolute atomic E-state index is 11.8. The highest BCUT2D eigenvalue weighted by Crippen LogP contribution is 2.18. The van der Waals surface area contributed by atoms with E-state index in [0.717, 1.165) is 0 Å². The second-order valence-corrected chi connectivity index (χ2v) is 2.66. The Bertz CT molecular complexity index is 169. The van der Waals surface area contributed by atoms with Gasteiger partial charge in [-0.05, 0) is 13.8 Å². The molecule has 0 fully saturated rings. The van der Waals surface area contributed by atoms with Crippen molar-refractivity contribution in [2.45, 2.75) is 26.4 Å². The first-order chi connectivity index (χ1) is 6.49. The van der Waals surface area contributed by atoms with Crippen molar-refractivity contribution in [3.8, 4) is 0 Å². The Balaban J connectivity index is 3.90. The largest absolute Gasteiger partial charge is 0.390 e. The minimum absolute atomic E-state index is 0.237. The summed E-state index contributed by atoms with van der Waals surface area (Å²) in [5, 5.41) is 5.68. The molecule has 3 nitrogen and oxygen atoms in total. The van der Waals surface area contributed by atoms with Crippen LogP contribution in [0.3, 0.4) is 0 Å². The fourth-order valence-corrected chi connectivity index (χ4v) is 0.804. The Morgan fingerprint density at radius 1 is 1.14 bits per heavy atom. The maximum Gasteiger partial charge on any atom is 0.390 e. The number of hydrogen-bond acceptors (Lipinski definition) is 1. The number of nitrogens with one attached hydrogen (secondary N) is 2. The first kappa shape index (κ1) is 13.1. The Morgan fingerprint density at radius 3 is 2.00 bits per heavy atom. The minimum Gasteiger partial charge on any atom is -0.357 e. The lowest BCUT2D eigenvalue weighted by atomic mass is 10.4. The van der Waals surface area contributed by atoms with Crippen molar-refractivity contribution in [3.63, 3.8) is 0 Å². The molecule has 0 atom stereocenters. The van der Waals surface area contributed by atoms with Crippen LogP contribution in [-0.4, -0.2) is 31.8 Å². The molecule has 0 saturated carbocycles. The summed E-state index contributed by atoms with van der Waals surface area (Å²) in [5.41, 5.74) is 0. The zero-order chi connectivity index (χ0) is 11.0. The van der Waals surface area contributed by atoms with E-state index in [0.29, 0.717) is 19.0 Å². The van der Waals surface area contributed by atoms with Crippen LogP contribution in [0.4, 0.5) is 13.2 Å². The number of alkyl halides is 3. The van der Waals surface area contributed by atoms with E-state index in [9.17, 15) is 13.2 Å². The SMILES string of the molecule is CCNC(=NCCC(F)(F)F)NCC. The van der Waals surface area contributed by atoms with E-state index in [-0.39, 0.29) is 6.54 Å². The number of rotatable bonds is 4. The summed E-state index contributed by atoms with van der Waals surface area (Å²) in [6.07, 6.45) is -5.01. The number of halogens is 3. The van der Waals surface area contributed by atoms with Crippen LogP contribution in [0, 0.1) is 0 Å². The molecule has 0 aliphatic rings. The van der Waals surface area contributed by atoms with Gasteiger partial charge in [-0.1, -0.05) is 0 Å². The van der Waals surface area contributed by atoms with Crippen molar-refractivity contribution >= 4 is 5.96 Å². The number of aliphatic imine (C=N–C) groups is 1. The fourth-order valence-electron chi connectivity index (χ4n) is 0.804. The van der Waals surface area contributed by atoms with Gasteiger partial charge in [0.05, 0.1) is 13.0 Å². The number of nitrogens with zero attached hydrogens (tertiary/aromatic N) is 1. The summed E-state index contributed by atoms with van der Waals surface area (Å²) in [7, 11) is 0. The van der Waals surface area contributed by atoms with E-state index >= 15 is 0 Å². The lowest BCUT2D eigenvalue weighted by Crippen LogP contribution is -2.37. The van der Waals surface area contributed by atoms with Gasteiger partial charge in [0.2, 0.25) is 0 Å². The molecular weight excluding hydrogens is 195 g/mol. The Morgan fingerprint density at radius 2 is 1.64 bits per heavy atom. The molecule has 14 heavy (non-hydrogen) atoms. The van der Waals surface area contributed by atoms with E-state index in [2.05, 4.69) is 15.6 Å². The first-order valence-electron chi connectivity index (χ1n) is 4.58. The fraction of sp³-hybridized carbons (Fsp3) is 0.875. The molecule has 6 heteroatoms. The average molecular weight is 211 g/mol. The van der Waals surface area contributed by atoms with Gasteiger partial charge in [-0.2, -0.15) is 13.2 Å². The quantitative estimate of drug-likeness (QED) is 0.546. The van der Waals surface area contributed by atoms with Crippen molar-refractivity contribution in [2.75, 3.05) is 19.6 Å². The molecule has 0 rings (SSSR count). The highest BCUT2D eigenvalue weighted by atomic mass is 19.4. The second-order valence-electron chi connectivity index (χ2n) is 2.66. The van der Waals surface area contributed by atoms with Crippen molar-refractivity contribution in [2.24, 2.45) is 4.99 Å². The molecule has 0 aliphatic heterocycles. The van der Waals surface area contributed by atoms with Gasteiger partial charge in [0.25, 0.3) is 0 Å². The Kier molecular flexibility index (Phi) is 6.07. The molecule has 0 amide bonds. The van der Waals surface area contributed by atoms with Crippen molar-refractivity contribution in [1.29, 1.82) is 0 Å². The molecule has 0 saturated heterocycles. The summed E-state index contributed by atoms with van der Waals surface area (Å²) in [5.74, 6) is 0.430. The summed E-state index contributed by atoms with van der Waals surface area (Å²) in [6.45, 7) is 4.75. The van der Waals surface area contributed by atoms with E-state index in [1.807, 2.05) is 13.8 Å². The predicted octanol–water partition coefficient (Wildman–Crippen LogP) is 1.51. The number of hydrogen-bond donors (Lipinski definition) is 2. The van der Waals surface area contributed by atoms with Gasteiger partial charge >= 0.3 is 6.18 Å². The number of guanidine groups is 1. The molecule has 84 valence electrons. The molecule has 0 bridgehead atoms. The first-order valence-corrected chi connectivity index (χ1v) is 4.58. The average Bonchev–Trinajstić information content (AvgIpc) is 2.02. The summed E-state index contributed by atoms with van der Waals surface area (Å²) >= 11 is 0. The predicted molar refractivity (Wildman–Crippen MR) is 50.3 cm³/mol. The van der Waals surface area contributed by atoms with E-state index in [1.165, 1.54) is 0 Å². The monoisotopic (exact) mass is 211 g/mol.